The average Bonchev–Trinajstić information content (AvgIpc) is 3.01. The minimum absolute atomic E-state index is 0.177. The molecule has 0 bridgehead atoms. The molecule has 2 heterocycles. The first-order valence-corrected chi connectivity index (χ1v) is 9.21. The Morgan fingerprint density at radius 1 is 1.23 bits per heavy atom. The Balaban J connectivity index is 1.77. The Morgan fingerprint density at radius 3 is 2.55 bits per heavy atom. The molecule has 8 heteroatoms. The van der Waals surface area contributed by atoms with Gasteiger partial charge in [-0.1, -0.05) is 0 Å². The van der Waals surface area contributed by atoms with Gasteiger partial charge in [0.25, 0.3) is 0 Å². The van der Waals surface area contributed by atoms with Crippen LogP contribution in [0.4, 0.5) is 9.52 Å². The molecule has 0 aliphatic carbocycles. The van der Waals surface area contributed by atoms with Crippen molar-refractivity contribution in [3.63, 3.8) is 0 Å². The number of thiazole rings is 1. The van der Waals surface area contributed by atoms with E-state index in [1.165, 1.54) is 22.5 Å². The van der Waals surface area contributed by atoms with Gasteiger partial charge >= 0.3 is 0 Å². The summed E-state index contributed by atoms with van der Waals surface area (Å²) in [6.07, 6.45) is 1.74. The largest absolute Gasteiger partial charge is 0.345 e. The first kappa shape index (κ1) is 15.4. The summed E-state index contributed by atoms with van der Waals surface area (Å²) in [7, 11) is -3.58. The zero-order valence-corrected chi connectivity index (χ0v) is 13.7. The molecule has 118 valence electrons. The number of aryl methyl sites for hydroxylation is 1. The molecule has 1 aliphatic rings. The van der Waals surface area contributed by atoms with Crippen LogP contribution in [-0.2, 0) is 10.0 Å². The Morgan fingerprint density at radius 2 is 1.95 bits per heavy atom. The summed E-state index contributed by atoms with van der Waals surface area (Å²) < 4.78 is 40.0. The number of benzene rings is 1. The molecule has 0 amide bonds. The van der Waals surface area contributed by atoms with Crippen LogP contribution in [0.15, 0.2) is 34.7 Å². The van der Waals surface area contributed by atoms with Gasteiger partial charge in [0.15, 0.2) is 5.13 Å². The second-order valence-electron chi connectivity index (χ2n) is 5.12. The maximum Gasteiger partial charge on any atom is 0.243 e. The standard InChI is InChI=1S/C14H16FN3O2S2/c1-11-10-12(15)2-3-13(11)22(19,20)18-7-5-17(6-8-18)14-16-4-9-21-14/h2-4,9-10H,5-8H2,1H3. The fourth-order valence-electron chi connectivity index (χ4n) is 2.53. The van der Waals surface area contributed by atoms with E-state index in [4.69, 9.17) is 0 Å². The van der Waals surface area contributed by atoms with Crippen molar-refractivity contribution in [3.05, 3.63) is 41.2 Å². The molecule has 0 saturated carbocycles. The van der Waals surface area contributed by atoms with E-state index < -0.39 is 15.8 Å². The van der Waals surface area contributed by atoms with Crippen molar-refractivity contribution in [3.8, 4) is 0 Å². The Kier molecular flexibility index (Phi) is 4.16. The van der Waals surface area contributed by atoms with Crippen LogP contribution in [0.3, 0.4) is 0 Å². The smallest absolute Gasteiger partial charge is 0.243 e. The van der Waals surface area contributed by atoms with Crippen LogP contribution in [0, 0.1) is 12.7 Å². The van der Waals surface area contributed by atoms with Gasteiger partial charge in [0.2, 0.25) is 10.0 Å². The number of rotatable bonds is 3. The zero-order valence-electron chi connectivity index (χ0n) is 12.1. The van der Waals surface area contributed by atoms with E-state index in [0.29, 0.717) is 31.7 Å². The predicted molar refractivity (Wildman–Crippen MR) is 84.2 cm³/mol. The molecule has 1 aromatic heterocycles. The average molecular weight is 341 g/mol. The van der Waals surface area contributed by atoms with E-state index in [2.05, 4.69) is 9.88 Å². The minimum atomic E-state index is -3.58. The molecule has 1 aromatic carbocycles. The van der Waals surface area contributed by atoms with Crippen LogP contribution < -0.4 is 4.90 Å². The van der Waals surface area contributed by atoms with Crippen molar-refractivity contribution >= 4 is 26.5 Å². The van der Waals surface area contributed by atoms with Crippen molar-refractivity contribution in [2.75, 3.05) is 31.1 Å². The zero-order chi connectivity index (χ0) is 15.7. The molecule has 0 radical (unpaired) electrons. The summed E-state index contributed by atoms with van der Waals surface area (Å²) in [5.74, 6) is -0.426. The third-order valence-electron chi connectivity index (χ3n) is 3.68. The van der Waals surface area contributed by atoms with Gasteiger partial charge in [-0.05, 0) is 30.7 Å². The van der Waals surface area contributed by atoms with Crippen molar-refractivity contribution < 1.29 is 12.8 Å². The molecular formula is C14H16FN3O2S2. The highest BCUT2D eigenvalue weighted by molar-refractivity contribution is 7.89. The molecule has 1 fully saturated rings. The summed E-state index contributed by atoms with van der Waals surface area (Å²) in [5.41, 5.74) is 0.433. The van der Waals surface area contributed by atoms with Crippen LogP contribution in [-0.4, -0.2) is 43.9 Å². The van der Waals surface area contributed by atoms with E-state index in [0.717, 1.165) is 5.13 Å². The van der Waals surface area contributed by atoms with Gasteiger partial charge in [-0.15, -0.1) is 11.3 Å². The van der Waals surface area contributed by atoms with Gasteiger partial charge in [0.1, 0.15) is 5.82 Å². The second kappa shape index (κ2) is 5.94. The molecular weight excluding hydrogens is 325 g/mol. The monoisotopic (exact) mass is 341 g/mol. The first-order chi connectivity index (χ1) is 10.5. The maximum atomic E-state index is 13.2. The van der Waals surface area contributed by atoms with Crippen LogP contribution >= 0.6 is 11.3 Å². The van der Waals surface area contributed by atoms with Crippen molar-refractivity contribution in [2.45, 2.75) is 11.8 Å². The summed E-state index contributed by atoms with van der Waals surface area (Å²) in [6.45, 7) is 3.62. The summed E-state index contributed by atoms with van der Waals surface area (Å²) in [4.78, 5) is 6.50. The number of piperazine rings is 1. The lowest BCUT2D eigenvalue weighted by molar-refractivity contribution is 0.384. The third kappa shape index (κ3) is 2.86. The number of anilines is 1. The molecule has 22 heavy (non-hydrogen) atoms. The van der Waals surface area contributed by atoms with Gasteiger partial charge in [-0.25, -0.2) is 17.8 Å². The number of halogens is 1. The lowest BCUT2D eigenvalue weighted by atomic mass is 10.2. The van der Waals surface area contributed by atoms with Gasteiger partial charge in [0.05, 0.1) is 4.90 Å². The van der Waals surface area contributed by atoms with E-state index in [9.17, 15) is 12.8 Å². The highest BCUT2D eigenvalue weighted by atomic mass is 32.2. The highest BCUT2D eigenvalue weighted by Gasteiger charge is 2.30. The van der Waals surface area contributed by atoms with E-state index in [-0.39, 0.29) is 4.90 Å². The van der Waals surface area contributed by atoms with Crippen LogP contribution in [0.2, 0.25) is 0 Å². The van der Waals surface area contributed by atoms with Gasteiger partial charge in [-0.3, -0.25) is 0 Å². The number of hydrogen-bond acceptors (Lipinski definition) is 5. The summed E-state index contributed by atoms with van der Waals surface area (Å²) in [5, 5.41) is 2.82. The normalized spacial score (nSPS) is 16.9. The lowest BCUT2D eigenvalue weighted by Crippen LogP contribution is -2.48. The van der Waals surface area contributed by atoms with Gasteiger partial charge in [0, 0.05) is 37.8 Å². The highest BCUT2D eigenvalue weighted by Crippen LogP contribution is 2.24. The fraction of sp³-hybridized carbons (Fsp3) is 0.357. The molecule has 0 N–H and O–H groups in total. The molecule has 1 saturated heterocycles. The second-order valence-corrected chi connectivity index (χ2v) is 7.90. The quantitative estimate of drug-likeness (QED) is 0.858. The van der Waals surface area contributed by atoms with E-state index in [1.807, 2.05) is 5.38 Å². The molecule has 2 aromatic rings. The van der Waals surface area contributed by atoms with Gasteiger partial charge < -0.3 is 4.90 Å². The first-order valence-electron chi connectivity index (χ1n) is 6.89. The number of sulfonamides is 1. The Bertz CT molecular complexity index is 754. The topological polar surface area (TPSA) is 53.5 Å². The lowest BCUT2D eigenvalue weighted by Gasteiger charge is -2.34. The van der Waals surface area contributed by atoms with E-state index >= 15 is 0 Å². The molecule has 3 rings (SSSR count). The Labute approximate surface area is 133 Å². The maximum absolute atomic E-state index is 13.2. The molecule has 1 aliphatic heterocycles. The molecule has 0 unspecified atom stereocenters. The van der Waals surface area contributed by atoms with Crippen molar-refractivity contribution in [1.29, 1.82) is 0 Å². The van der Waals surface area contributed by atoms with Gasteiger partial charge in [-0.2, -0.15) is 4.31 Å². The third-order valence-corrected chi connectivity index (χ3v) is 6.57. The summed E-state index contributed by atoms with van der Waals surface area (Å²) >= 11 is 1.54. The van der Waals surface area contributed by atoms with Crippen LogP contribution in [0.1, 0.15) is 5.56 Å². The van der Waals surface area contributed by atoms with E-state index in [1.54, 1.807) is 24.5 Å². The molecule has 0 atom stereocenters. The fourth-order valence-corrected chi connectivity index (χ4v) is 4.86. The number of nitrogens with zero attached hydrogens (tertiary/aromatic N) is 3. The van der Waals surface area contributed by atoms with Crippen molar-refractivity contribution in [1.82, 2.24) is 9.29 Å². The van der Waals surface area contributed by atoms with Crippen LogP contribution in [0.5, 0.6) is 0 Å². The number of hydrogen-bond donors (Lipinski definition) is 0. The van der Waals surface area contributed by atoms with Crippen molar-refractivity contribution in [2.24, 2.45) is 0 Å². The summed E-state index contributed by atoms with van der Waals surface area (Å²) in [6, 6.07) is 3.78. The Hall–Kier alpha value is -1.51. The molecule has 0 spiro atoms. The molecule has 5 nitrogen and oxygen atoms in total. The predicted octanol–water partition coefficient (Wildman–Crippen LogP) is 2.10. The number of aromatic nitrogens is 1. The van der Waals surface area contributed by atoms with Crippen LogP contribution in [0.25, 0.3) is 0 Å². The minimum Gasteiger partial charge on any atom is -0.345 e. The SMILES string of the molecule is Cc1cc(F)ccc1S(=O)(=O)N1CCN(c2nccs2)CC1.